The number of nitrogens with two attached hydrogens (primary N) is 1. The van der Waals surface area contributed by atoms with Gasteiger partial charge in [-0.05, 0) is 25.7 Å². The van der Waals surface area contributed by atoms with Gasteiger partial charge in [0.05, 0.1) is 17.1 Å². The normalized spacial score (nSPS) is 34.6. The maximum Gasteiger partial charge on any atom is 0.249 e. The van der Waals surface area contributed by atoms with E-state index in [-0.39, 0.29) is 24.3 Å². The topological polar surface area (TPSA) is 98.5 Å². The van der Waals surface area contributed by atoms with E-state index in [1.807, 2.05) is 0 Å². The summed E-state index contributed by atoms with van der Waals surface area (Å²) in [5, 5.41) is 2.26. The highest BCUT2D eigenvalue weighted by molar-refractivity contribution is 7.92. The van der Waals surface area contributed by atoms with E-state index in [1.165, 1.54) is 0 Å². The van der Waals surface area contributed by atoms with Gasteiger partial charge >= 0.3 is 0 Å². The molecule has 2 saturated heterocycles. The average molecular weight is 276 g/mol. The highest BCUT2D eigenvalue weighted by atomic mass is 32.2. The van der Waals surface area contributed by atoms with E-state index in [9.17, 15) is 13.2 Å². The minimum absolute atomic E-state index is 0.0454. The molecular weight excluding hydrogens is 256 g/mol. The van der Waals surface area contributed by atoms with Gasteiger partial charge in [0.15, 0.2) is 9.84 Å². The van der Waals surface area contributed by atoms with Crippen LogP contribution in [0.5, 0.6) is 0 Å². The molecule has 18 heavy (non-hydrogen) atoms. The second kappa shape index (κ2) is 5.54. The maximum atomic E-state index is 11.8. The molecule has 1 amide bonds. The first-order valence-corrected chi connectivity index (χ1v) is 8.09. The predicted octanol–water partition coefficient (Wildman–Crippen LogP) is -0.814. The van der Waals surface area contributed by atoms with E-state index in [0.717, 1.165) is 6.42 Å². The van der Waals surface area contributed by atoms with E-state index >= 15 is 0 Å². The number of hydrogen-bond donors (Lipinski definition) is 2. The predicted molar refractivity (Wildman–Crippen MR) is 66.8 cm³/mol. The lowest BCUT2D eigenvalue weighted by atomic mass is 10.2. The molecule has 2 aliphatic heterocycles. The molecule has 2 aliphatic rings. The van der Waals surface area contributed by atoms with Gasteiger partial charge in [-0.2, -0.15) is 0 Å². The average Bonchev–Trinajstić information content (AvgIpc) is 2.92. The quantitative estimate of drug-likeness (QED) is 0.699. The number of hydrogen-bond acceptors (Lipinski definition) is 5. The van der Waals surface area contributed by atoms with Gasteiger partial charge in [-0.25, -0.2) is 8.42 Å². The van der Waals surface area contributed by atoms with Crippen molar-refractivity contribution in [3.05, 3.63) is 0 Å². The van der Waals surface area contributed by atoms with Crippen LogP contribution in [0, 0.1) is 0 Å². The molecular formula is C11H20N2O4S. The Morgan fingerprint density at radius 1 is 1.33 bits per heavy atom. The van der Waals surface area contributed by atoms with Gasteiger partial charge in [0, 0.05) is 13.1 Å². The third-order valence-electron chi connectivity index (χ3n) is 3.63. The molecule has 104 valence electrons. The molecule has 6 nitrogen and oxygen atoms in total. The first-order valence-electron chi connectivity index (χ1n) is 6.37. The van der Waals surface area contributed by atoms with E-state index in [0.29, 0.717) is 25.8 Å². The molecule has 0 aromatic carbocycles. The third-order valence-corrected chi connectivity index (χ3v) is 5.91. The molecule has 0 aromatic heterocycles. The van der Waals surface area contributed by atoms with E-state index in [4.69, 9.17) is 10.5 Å². The van der Waals surface area contributed by atoms with Gasteiger partial charge in [-0.3, -0.25) is 4.79 Å². The lowest BCUT2D eigenvalue weighted by molar-refractivity contribution is -0.131. The zero-order valence-electron chi connectivity index (χ0n) is 10.3. The van der Waals surface area contributed by atoms with Gasteiger partial charge in [0.25, 0.3) is 0 Å². The summed E-state index contributed by atoms with van der Waals surface area (Å²) >= 11 is 0. The van der Waals surface area contributed by atoms with Crippen molar-refractivity contribution in [3.63, 3.8) is 0 Å². The maximum absolute atomic E-state index is 11.8. The standard InChI is InChI=1S/C11H20N2O4S/c12-6-8-3-4-10(17-8)11(14)13-7-9-2-1-5-18(9,15)16/h8-10H,1-7,12H2,(H,13,14). The lowest BCUT2D eigenvalue weighted by Crippen LogP contribution is -2.40. The summed E-state index contributed by atoms with van der Waals surface area (Å²) in [5.74, 6) is 0.0240. The Morgan fingerprint density at radius 3 is 2.67 bits per heavy atom. The molecule has 2 fully saturated rings. The van der Waals surface area contributed by atoms with Crippen molar-refractivity contribution in [3.8, 4) is 0 Å². The molecule has 0 aromatic rings. The Balaban J connectivity index is 1.79. The Labute approximate surface area is 107 Å². The van der Waals surface area contributed by atoms with Crippen LogP contribution in [0.3, 0.4) is 0 Å². The van der Waals surface area contributed by atoms with Gasteiger partial charge in [0.2, 0.25) is 5.91 Å². The second-order valence-electron chi connectivity index (χ2n) is 4.94. The third kappa shape index (κ3) is 3.02. The van der Waals surface area contributed by atoms with Crippen molar-refractivity contribution in [2.24, 2.45) is 5.73 Å². The van der Waals surface area contributed by atoms with Gasteiger partial charge < -0.3 is 15.8 Å². The van der Waals surface area contributed by atoms with Crippen LogP contribution in [0.4, 0.5) is 0 Å². The zero-order valence-corrected chi connectivity index (χ0v) is 11.1. The van der Waals surface area contributed by atoms with Crippen LogP contribution in [-0.4, -0.2) is 50.6 Å². The number of sulfone groups is 1. The lowest BCUT2D eigenvalue weighted by Gasteiger charge is -2.15. The molecule has 0 radical (unpaired) electrons. The van der Waals surface area contributed by atoms with Crippen LogP contribution in [0.15, 0.2) is 0 Å². The van der Waals surface area contributed by atoms with Gasteiger partial charge in [-0.15, -0.1) is 0 Å². The summed E-state index contributed by atoms with van der Waals surface area (Å²) < 4.78 is 28.6. The molecule has 0 bridgehead atoms. The Morgan fingerprint density at radius 2 is 2.11 bits per heavy atom. The number of nitrogens with one attached hydrogen (secondary N) is 1. The summed E-state index contributed by atoms with van der Waals surface area (Å²) in [5.41, 5.74) is 5.47. The van der Waals surface area contributed by atoms with E-state index in [2.05, 4.69) is 5.32 Å². The summed E-state index contributed by atoms with van der Waals surface area (Å²) in [7, 11) is -3.00. The molecule has 0 spiro atoms. The smallest absolute Gasteiger partial charge is 0.249 e. The Bertz CT molecular complexity index is 409. The molecule has 0 aliphatic carbocycles. The van der Waals surface area contributed by atoms with Crippen LogP contribution in [0.1, 0.15) is 25.7 Å². The van der Waals surface area contributed by atoms with Crippen LogP contribution in [-0.2, 0) is 19.4 Å². The molecule has 2 rings (SSSR count). The molecule has 0 saturated carbocycles. The van der Waals surface area contributed by atoms with Crippen LogP contribution < -0.4 is 11.1 Å². The summed E-state index contributed by atoms with van der Waals surface area (Å²) in [6, 6.07) is 0. The van der Waals surface area contributed by atoms with Crippen LogP contribution in [0.25, 0.3) is 0 Å². The van der Waals surface area contributed by atoms with Crippen molar-refractivity contribution >= 4 is 15.7 Å². The Hall–Kier alpha value is -0.660. The monoisotopic (exact) mass is 276 g/mol. The van der Waals surface area contributed by atoms with Crippen molar-refractivity contribution in [2.45, 2.75) is 43.1 Å². The van der Waals surface area contributed by atoms with E-state index < -0.39 is 21.2 Å². The first-order chi connectivity index (χ1) is 8.53. The number of rotatable bonds is 4. The fourth-order valence-corrected chi connectivity index (χ4v) is 4.25. The highest BCUT2D eigenvalue weighted by Gasteiger charge is 2.34. The minimum atomic E-state index is -3.00. The summed E-state index contributed by atoms with van der Waals surface area (Å²) in [6.07, 6.45) is 2.26. The van der Waals surface area contributed by atoms with Crippen LogP contribution in [0.2, 0.25) is 0 Å². The minimum Gasteiger partial charge on any atom is -0.364 e. The largest absolute Gasteiger partial charge is 0.364 e. The summed E-state index contributed by atoms with van der Waals surface area (Å²) in [6.45, 7) is 0.620. The zero-order chi connectivity index (χ0) is 13.2. The van der Waals surface area contributed by atoms with Crippen molar-refractivity contribution in [1.29, 1.82) is 0 Å². The number of amides is 1. The second-order valence-corrected chi connectivity index (χ2v) is 7.34. The molecule has 3 N–H and O–H groups in total. The van der Waals surface area contributed by atoms with E-state index in [1.54, 1.807) is 0 Å². The SMILES string of the molecule is NCC1CCC(C(=O)NCC2CCCS2(=O)=O)O1. The fourth-order valence-electron chi connectivity index (χ4n) is 2.49. The first kappa shape index (κ1) is 13.8. The molecule has 2 heterocycles. The van der Waals surface area contributed by atoms with Gasteiger partial charge in [0.1, 0.15) is 6.10 Å². The number of carbonyl (C=O) groups excluding carboxylic acids is 1. The fraction of sp³-hybridized carbons (Fsp3) is 0.909. The number of ether oxygens (including phenoxy) is 1. The molecule has 7 heteroatoms. The highest BCUT2D eigenvalue weighted by Crippen LogP contribution is 2.21. The summed E-state index contributed by atoms with van der Waals surface area (Å²) in [4.78, 5) is 11.8. The van der Waals surface area contributed by atoms with Crippen molar-refractivity contribution in [1.82, 2.24) is 5.32 Å². The van der Waals surface area contributed by atoms with Crippen molar-refractivity contribution < 1.29 is 17.9 Å². The number of carbonyl (C=O) groups is 1. The van der Waals surface area contributed by atoms with Crippen LogP contribution >= 0.6 is 0 Å². The molecule has 3 atom stereocenters. The Kier molecular flexibility index (Phi) is 4.24. The van der Waals surface area contributed by atoms with Crippen molar-refractivity contribution in [2.75, 3.05) is 18.8 Å². The molecule has 3 unspecified atom stereocenters. The van der Waals surface area contributed by atoms with Gasteiger partial charge in [-0.1, -0.05) is 0 Å².